The fraction of sp³-hybridized carbons (Fsp3) is 0.0909. The Morgan fingerprint density at radius 2 is 1.75 bits per heavy atom. The van der Waals surface area contributed by atoms with Gasteiger partial charge in [0.05, 0.1) is 10.9 Å². The average Bonchev–Trinajstić information content (AvgIpc) is 3.22. The van der Waals surface area contributed by atoms with Crippen LogP contribution >= 0.6 is 34.7 Å². The number of carboxylic acids is 1. The van der Waals surface area contributed by atoms with E-state index in [1.165, 1.54) is 23.1 Å². The molecule has 0 radical (unpaired) electrons. The second-order valence-corrected chi connectivity index (χ2v) is 9.19. The highest BCUT2D eigenvalue weighted by molar-refractivity contribution is 8.00. The third-order valence-electron chi connectivity index (χ3n) is 4.06. The molecule has 0 aliphatic carbocycles. The molecule has 10 heteroatoms. The summed E-state index contributed by atoms with van der Waals surface area (Å²) >= 11 is 8.62. The fourth-order valence-electron chi connectivity index (χ4n) is 2.50. The van der Waals surface area contributed by atoms with E-state index >= 15 is 0 Å². The molecule has 1 atom stereocenters. The molecule has 3 N–H and O–H groups in total. The van der Waals surface area contributed by atoms with Crippen molar-refractivity contribution in [2.45, 2.75) is 17.1 Å². The second-order valence-electron chi connectivity index (χ2n) is 6.48. The fourth-order valence-corrected chi connectivity index (χ4v) is 4.21. The van der Waals surface area contributed by atoms with Crippen LogP contribution in [0.5, 0.6) is 0 Å². The standard InChI is InChI=1S/C22H18ClN3O4S2/c1-13(32-17-8-6-16(7-9-17)24-19(27)10-11-20(28)29)21(30)26-22-25-18(12-31-22)14-2-4-15(23)5-3-14/h2-13H,1H3,(H,24,27)(H,28,29)(H,25,26,30)/b11-10+. The van der Waals surface area contributed by atoms with E-state index in [1.807, 2.05) is 17.5 Å². The van der Waals surface area contributed by atoms with Gasteiger partial charge in [0.15, 0.2) is 5.13 Å². The van der Waals surface area contributed by atoms with Crippen molar-refractivity contribution in [2.75, 3.05) is 10.6 Å². The van der Waals surface area contributed by atoms with Gasteiger partial charge in [-0.25, -0.2) is 9.78 Å². The minimum absolute atomic E-state index is 0.178. The molecule has 0 saturated heterocycles. The summed E-state index contributed by atoms with van der Waals surface area (Å²) < 4.78 is 0. The Hall–Kier alpha value is -3.14. The molecule has 0 aliphatic rings. The van der Waals surface area contributed by atoms with Crippen LogP contribution in [0, 0.1) is 0 Å². The van der Waals surface area contributed by atoms with Crippen molar-refractivity contribution in [3.63, 3.8) is 0 Å². The number of rotatable bonds is 8. The number of hydrogen-bond donors (Lipinski definition) is 3. The number of thiazole rings is 1. The highest BCUT2D eigenvalue weighted by Gasteiger charge is 2.16. The molecule has 3 aromatic rings. The first-order valence-electron chi connectivity index (χ1n) is 9.31. The molecule has 3 rings (SSSR count). The van der Waals surface area contributed by atoms with Crippen LogP contribution in [-0.2, 0) is 14.4 Å². The lowest BCUT2D eigenvalue weighted by Crippen LogP contribution is -2.22. The van der Waals surface area contributed by atoms with E-state index in [0.717, 1.165) is 28.3 Å². The van der Waals surface area contributed by atoms with Crippen molar-refractivity contribution < 1.29 is 19.5 Å². The van der Waals surface area contributed by atoms with Gasteiger partial charge < -0.3 is 15.7 Å². The van der Waals surface area contributed by atoms with Gasteiger partial charge >= 0.3 is 5.97 Å². The van der Waals surface area contributed by atoms with Crippen LogP contribution in [0.3, 0.4) is 0 Å². The van der Waals surface area contributed by atoms with Crippen molar-refractivity contribution in [1.29, 1.82) is 0 Å². The highest BCUT2D eigenvalue weighted by Crippen LogP contribution is 2.28. The third-order valence-corrected chi connectivity index (χ3v) is 6.18. The smallest absolute Gasteiger partial charge is 0.328 e. The molecule has 0 saturated carbocycles. The number of anilines is 2. The minimum Gasteiger partial charge on any atom is -0.478 e. The van der Waals surface area contributed by atoms with Gasteiger partial charge in [-0.05, 0) is 43.3 Å². The Labute approximate surface area is 197 Å². The molecule has 7 nitrogen and oxygen atoms in total. The number of amides is 2. The van der Waals surface area contributed by atoms with E-state index in [0.29, 0.717) is 15.8 Å². The molecule has 0 bridgehead atoms. The van der Waals surface area contributed by atoms with Crippen molar-refractivity contribution in [3.05, 3.63) is 71.1 Å². The van der Waals surface area contributed by atoms with Crippen molar-refractivity contribution >= 4 is 63.3 Å². The summed E-state index contributed by atoms with van der Waals surface area (Å²) in [5.41, 5.74) is 2.20. The molecule has 1 heterocycles. The Morgan fingerprint density at radius 1 is 1.06 bits per heavy atom. The molecule has 164 valence electrons. The van der Waals surface area contributed by atoms with Crippen LogP contribution in [0.25, 0.3) is 11.3 Å². The Kier molecular flexibility index (Phi) is 8.04. The SMILES string of the molecule is CC(Sc1ccc(NC(=O)/C=C/C(=O)O)cc1)C(=O)Nc1nc(-c2ccc(Cl)cc2)cs1. The molecule has 0 spiro atoms. The number of nitrogens with zero attached hydrogens (tertiary/aromatic N) is 1. The van der Waals surface area contributed by atoms with Crippen LogP contribution in [0.2, 0.25) is 5.02 Å². The third kappa shape index (κ3) is 6.94. The van der Waals surface area contributed by atoms with Gasteiger partial charge in [0.25, 0.3) is 0 Å². The summed E-state index contributed by atoms with van der Waals surface area (Å²) in [6.45, 7) is 1.79. The first-order valence-corrected chi connectivity index (χ1v) is 11.4. The summed E-state index contributed by atoms with van der Waals surface area (Å²) in [7, 11) is 0. The van der Waals surface area contributed by atoms with E-state index in [-0.39, 0.29) is 11.2 Å². The Balaban J connectivity index is 1.54. The topological polar surface area (TPSA) is 108 Å². The minimum atomic E-state index is -1.20. The summed E-state index contributed by atoms with van der Waals surface area (Å²) in [5, 5.41) is 16.6. The Morgan fingerprint density at radius 3 is 2.41 bits per heavy atom. The molecular weight excluding hydrogens is 470 g/mol. The lowest BCUT2D eigenvalue weighted by molar-refractivity contribution is -0.131. The van der Waals surface area contributed by atoms with Gasteiger partial charge in [0.2, 0.25) is 11.8 Å². The molecule has 0 fully saturated rings. The van der Waals surface area contributed by atoms with Crippen molar-refractivity contribution in [2.24, 2.45) is 0 Å². The molecule has 2 aromatic carbocycles. The quantitative estimate of drug-likeness (QED) is 0.299. The van der Waals surface area contributed by atoms with Crippen LogP contribution in [0.4, 0.5) is 10.8 Å². The number of carbonyl (C=O) groups excluding carboxylic acids is 2. The molecule has 1 unspecified atom stereocenters. The second kappa shape index (κ2) is 10.9. The number of halogens is 1. The number of aliphatic carboxylic acids is 1. The van der Waals surface area contributed by atoms with Crippen LogP contribution in [0.15, 0.2) is 71.0 Å². The van der Waals surface area contributed by atoms with Gasteiger partial charge in [0, 0.05) is 38.7 Å². The van der Waals surface area contributed by atoms with E-state index in [4.69, 9.17) is 16.7 Å². The summed E-state index contributed by atoms with van der Waals surface area (Å²) in [6.07, 6.45) is 1.70. The number of benzene rings is 2. The van der Waals surface area contributed by atoms with Crippen LogP contribution < -0.4 is 10.6 Å². The normalized spacial score (nSPS) is 11.8. The molecular formula is C22H18ClN3O4S2. The van der Waals surface area contributed by atoms with Gasteiger partial charge in [-0.3, -0.25) is 9.59 Å². The van der Waals surface area contributed by atoms with E-state index in [1.54, 1.807) is 43.3 Å². The first-order chi connectivity index (χ1) is 15.3. The van der Waals surface area contributed by atoms with Crippen LogP contribution in [-0.4, -0.2) is 33.1 Å². The molecule has 2 amide bonds. The molecule has 32 heavy (non-hydrogen) atoms. The van der Waals surface area contributed by atoms with Gasteiger partial charge in [-0.1, -0.05) is 23.7 Å². The van der Waals surface area contributed by atoms with Crippen molar-refractivity contribution in [1.82, 2.24) is 4.98 Å². The summed E-state index contributed by atoms with van der Waals surface area (Å²) in [4.78, 5) is 39.9. The largest absolute Gasteiger partial charge is 0.478 e. The number of thioether (sulfide) groups is 1. The summed E-state index contributed by atoms with van der Waals surface area (Å²) in [5.74, 6) is -1.91. The number of aromatic nitrogens is 1. The van der Waals surface area contributed by atoms with E-state index < -0.39 is 11.9 Å². The van der Waals surface area contributed by atoms with Crippen molar-refractivity contribution in [3.8, 4) is 11.3 Å². The van der Waals surface area contributed by atoms with Gasteiger partial charge in [-0.15, -0.1) is 23.1 Å². The maximum Gasteiger partial charge on any atom is 0.328 e. The predicted molar refractivity (Wildman–Crippen MR) is 128 cm³/mol. The van der Waals surface area contributed by atoms with E-state index in [9.17, 15) is 14.4 Å². The van der Waals surface area contributed by atoms with Gasteiger partial charge in [0.1, 0.15) is 0 Å². The van der Waals surface area contributed by atoms with E-state index in [2.05, 4.69) is 15.6 Å². The zero-order chi connectivity index (χ0) is 23.1. The molecule has 1 aromatic heterocycles. The highest BCUT2D eigenvalue weighted by atomic mass is 35.5. The lowest BCUT2D eigenvalue weighted by Gasteiger charge is -2.11. The Bertz CT molecular complexity index is 1140. The number of carboxylic acid groups (broad SMARTS) is 1. The molecule has 0 aliphatic heterocycles. The maximum atomic E-state index is 12.6. The first kappa shape index (κ1) is 23.5. The monoisotopic (exact) mass is 487 g/mol. The summed E-state index contributed by atoms with van der Waals surface area (Å²) in [6, 6.07) is 14.2. The van der Waals surface area contributed by atoms with Crippen LogP contribution in [0.1, 0.15) is 6.92 Å². The number of nitrogens with one attached hydrogen (secondary N) is 2. The zero-order valence-electron chi connectivity index (χ0n) is 16.7. The average molecular weight is 488 g/mol. The predicted octanol–water partition coefficient (Wildman–Crippen LogP) is 5.16. The van der Waals surface area contributed by atoms with Gasteiger partial charge in [-0.2, -0.15) is 0 Å². The number of carbonyl (C=O) groups is 3. The zero-order valence-corrected chi connectivity index (χ0v) is 19.1. The lowest BCUT2D eigenvalue weighted by atomic mass is 10.2. The maximum absolute atomic E-state index is 12.6. The number of hydrogen-bond acceptors (Lipinski definition) is 6.